The van der Waals surface area contributed by atoms with E-state index in [1.54, 1.807) is 6.20 Å². The summed E-state index contributed by atoms with van der Waals surface area (Å²) in [6, 6.07) is -0.0556. The maximum absolute atomic E-state index is 5.67. The van der Waals surface area contributed by atoms with E-state index in [0.717, 1.165) is 18.8 Å². The Balaban J connectivity index is 2.87. The van der Waals surface area contributed by atoms with Gasteiger partial charge in [0, 0.05) is 25.5 Å². The van der Waals surface area contributed by atoms with Crippen molar-refractivity contribution in [3.05, 3.63) is 18.2 Å². The number of aryl methyl sites for hydroxylation is 1. The van der Waals surface area contributed by atoms with Crippen molar-refractivity contribution in [2.45, 2.75) is 45.9 Å². The zero-order valence-electron chi connectivity index (χ0n) is 10.3. The van der Waals surface area contributed by atoms with Gasteiger partial charge in [-0.05, 0) is 20.3 Å². The van der Waals surface area contributed by atoms with E-state index in [4.69, 9.17) is 10.6 Å². The Kier molecular flexibility index (Phi) is 5.45. The maximum Gasteiger partial charge on any atom is 0.129 e. The highest BCUT2D eigenvalue weighted by Gasteiger charge is 2.24. The third-order valence-electron chi connectivity index (χ3n) is 2.70. The van der Waals surface area contributed by atoms with Gasteiger partial charge < -0.3 is 9.30 Å². The number of rotatable bonds is 7. The van der Waals surface area contributed by atoms with Crippen LogP contribution in [0.1, 0.15) is 39.1 Å². The number of hydrazine groups is 1. The molecule has 1 aromatic heterocycles. The molecule has 0 bridgehead atoms. The Bertz CT molecular complexity index is 300. The van der Waals surface area contributed by atoms with E-state index in [9.17, 15) is 0 Å². The molecule has 0 radical (unpaired) electrons. The number of aromatic nitrogens is 2. The largest absolute Gasteiger partial charge is 0.376 e. The minimum absolute atomic E-state index is 0.0556. The summed E-state index contributed by atoms with van der Waals surface area (Å²) in [5.74, 6) is 6.55. The molecule has 2 atom stereocenters. The summed E-state index contributed by atoms with van der Waals surface area (Å²) in [4.78, 5) is 4.35. The fourth-order valence-corrected chi connectivity index (χ4v) is 1.88. The number of hydrogen-bond acceptors (Lipinski definition) is 4. The third-order valence-corrected chi connectivity index (χ3v) is 2.70. The SMILES string of the molecule is CCOC(CC)C(NN)c1nccn1CC. The quantitative estimate of drug-likeness (QED) is 0.542. The average Bonchev–Trinajstić information content (AvgIpc) is 2.77. The highest BCUT2D eigenvalue weighted by molar-refractivity contribution is 5.01. The summed E-state index contributed by atoms with van der Waals surface area (Å²) >= 11 is 0. The molecule has 0 spiro atoms. The molecule has 5 heteroatoms. The van der Waals surface area contributed by atoms with Crippen molar-refractivity contribution in [1.82, 2.24) is 15.0 Å². The molecule has 1 heterocycles. The number of nitrogens with two attached hydrogens (primary N) is 1. The van der Waals surface area contributed by atoms with Gasteiger partial charge in [-0.1, -0.05) is 6.92 Å². The molecule has 1 rings (SSSR count). The standard InChI is InChI=1S/C11H22N4O/c1-4-9(16-6-3)10(14-12)11-13-7-8-15(11)5-2/h7-10,14H,4-6,12H2,1-3H3. The lowest BCUT2D eigenvalue weighted by Gasteiger charge is -2.25. The summed E-state index contributed by atoms with van der Waals surface area (Å²) in [7, 11) is 0. The third kappa shape index (κ3) is 2.81. The Hall–Kier alpha value is -0.910. The van der Waals surface area contributed by atoms with E-state index < -0.39 is 0 Å². The van der Waals surface area contributed by atoms with Crippen molar-refractivity contribution < 1.29 is 4.74 Å². The average molecular weight is 226 g/mol. The molecule has 0 saturated heterocycles. The zero-order valence-corrected chi connectivity index (χ0v) is 10.3. The molecule has 92 valence electrons. The molecule has 0 saturated carbocycles. The predicted octanol–water partition coefficient (Wildman–Crippen LogP) is 1.22. The highest BCUT2D eigenvalue weighted by Crippen LogP contribution is 2.19. The van der Waals surface area contributed by atoms with Crippen molar-refractivity contribution in [2.75, 3.05) is 6.61 Å². The Morgan fingerprint density at radius 2 is 2.25 bits per heavy atom. The van der Waals surface area contributed by atoms with E-state index in [0.29, 0.717) is 6.61 Å². The van der Waals surface area contributed by atoms with E-state index in [1.165, 1.54) is 0 Å². The van der Waals surface area contributed by atoms with Crippen molar-refractivity contribution in [3.63, 3.8) is 0 Å². The molecule has 0 aliphatic rings. The lowest BCUT2D eigenvalue weighted by molar-refractivity contribution is 0.0283. The summed E-state index contributed by atoms with van der Waals surface area (Å²) in [6.07, 6.45) is 4.71. The molecular formula is C11H22N4O. The first-order chi connectivity index (χ1) is 7.78. The predicted molar refractivity (Wildman–Crippen MR) is 63.7 cm³/mol. The van der Waals surface area contributed by atoms with Crippen LogP contribution in [0.25, 0.3) is 0 Å². The lowest BCUT2D eigenvalue weighted by atomic mass is 10.1. The molecule has 0 aromatic carbocycles. The van der Waals surface area contributed by atoms with Crippen LogP contribution in [0.4, 0.5) is 0 Å². The minimum Gasteiger partial charge on any atom is -0.376 e. The van der Waals surface area contributed by atoms with Crippen LogP contribution in [0, 0.1) is 0 Å². The van der Waals surface area contributed by atoms with Gasteiger partial charge in [-0.15, -0.1) is 0 Å². The number of hydrogen-bond donors (Lipinski definition) is 2. The second-order valence-electron chi connectivity index (χ2n) is 3.62. The summed E-state index contributed by atoms with van der Waals surface area (Å²) in [5, 5.41) is 0. The van der Waals surface area contributed by atoms with E-state index in [-0.39, 0.29) is 12.1 Å². The highest BCUT2D eigenvalue weighted by atomic mass is 16.5. The summed E-state index contributed by atoms with van der Waals surface area (Å²) in [5.41, 5.74) is 2.81. The van der Waals surface area contributed by atoms with Gasteiger partial charge in [0.2, 0.25) is 0 Å². The molecular weight excluding hydrogens is 204 g/mol. The van der Waals surface area contributed by atoms with Gasteiger partial charge in [-0.3, -0.25) is 5.84 Å². The van der Waals surface area contributed by atoms with Crippen LogP contribution in [0.5, 0.6) is 0 Å². The van der Waals surface area contributed by atoms with Crippen LogP contribution in [0.3, 0.4) is 0 Å². The van der Waals surface area contributed by atoms with Crippen molar-refractivity contribution in [1.29, 1.82) is 0 Å². The zero-order chi connectivity index (χ0) is 12.0. The molecule has 5 nitrogen and oxygen atoms in total. The Morgan fingerprint density at radius 1 is 1.50 bits per heavy atom. The molecule has 0 aliphatic heterocycles. The maximum atomic E-state index is 5.67. The summed E-state index contributed by atoms with van der Waals surface area (Å²) < 4.78 is 7.75. The molecule has 0 fully saturated rings. The molecule has 1 aromatic rings. The van der Waals surface area contributed by atoms with Crippen LogP contribution >= 0.6 is 0 Å². The topological polar surface area (TPSA) is 65.1 Å². The monoisotopic (exact) mass is 226 g/mol. The van der Waals surface area contributed by atoms with Crippen LogP contribution in [0.15, 0.2) is 12.4 Å². The number of ether oxygens (including phenoxy) is 1. The van der Waals surface area contributed by atoms with Crippen LogP contribution in [0.2, 0.25) is 0 Å². The molecule has 2 unspecified atom stereocenters. The van der Waals surface area contributed by atoms with Gasteiger partial charge in [-0.25, -0.2) is 10.4 Å². The second-order valence-corrected chi connectivity index (χ2v) is 3.62. The van der Waals surface area contributed by atoms with Gasteiger partial charge in [0.1, 0.15) is 11.9 Å². The first-order valence-corrected chi connectivity index (χ1v) is 5.87. The Labute approximate surface area is 97.0 Å². The first-order valence-electron chi connectivity index (χ1n) is 5.87. The number of nitrogens with one attached hydrogen (secondary N) is 1. The minimum atomic E-state index is -0.0556. The fourth-order valence-electron chi connectivity index (χ4n) is 1.88. The van der Waals surface area contributed by atoms with Gasteiger partial charge >= 0.3 is 0 Å². The fraction of sp³-hybridized carbons (Fsp3) is 0.727. The van der Waals surface area contributed by atoms with Crippen molar-refractivity contribution in [2.24, 2.45) is 5.84 Å². The van der Waals surface area contributed by atoms with Gasteiger partial charge in [0.05, 0.1) is 6.10 Å². The number of nitrogens with zero attached hydrogens (tertiary/aromatic N) is 2. The normalized spacial score (nSPS) is 15.0. The molecule has 0 amide bonds. The van der Waals surface area contributed by atoms with Gasteiger partial charge in [0.15, 0.2) is 0 Å². The van der Waals surface area contributed by atoms with E-state index >= 15 is 0 Å². The molecule has 3 N–H and O–H groups in total. The molecule has 0 aliphatic carbocycles. The van der Waals surface area contributed by atoms with E-state index in [2.05, 4.69) is 28.8 Å². The first kappa shape index (κ1) is 13.2. The van der Waals surface area contributed by atoms with Crippen LogP contribution in [-0.4, -0.2) is 22.3 Å². The number of imidazole rings is 1. The van der Waals surface area contributed by atoms with Gasteiger partial charge in [0.25, 0.3) is 0 Å². The smallest absolute Gasteiger partial charge is 0.129 e. The van der Waals surface area contributed by atoms with Crippen molar-refractivity contribution >= 4 is 0 Å². The van der Waals surface area contributed by atoms with Gasteiger partial charge in [-0.2, -0.15) is 0 Å². The van der Waals surface area contributed by atoms with Crippen LogP contribution in [-0.2, 0) is 11.3 Å². The van der Waals surface area contributed by atoms with E-state index in [1.807, 2.05) is 13.1 Å². The molecule has 16 heavy (non-hydrogen) atoms. The Morgan fingerprint density at radius 3 is 2.75 bits per heavy atom. The summed E-state index contributed by atoms with van der Waals surface area (Å²) in [6.45, 7) is 7.73. The van der Waals surface area contributed by atoms with Crippen molar-refractivity contribution in [3.8, 4) is 0 Å². The lowest BCUT2D eigenvalue weighted by Crippen LogP contribution is -2.39. The second kappa shape index (κ2) is 6.62. The van der Waals surface area contributed by atoms with Crippen LogP contribution < -0.4 is 11.3 Å².